The Morgan fingerprint density at radius 2 is 1.55 bits per heavy atom. The van der Waals surface area contributed by atoms with E-state index in [0.717, 1.165) is 6.42 Å². The van der Waals surface area contributed by atoms with Crippen molar-refractivity contribution in [1.82, 2.24) is 0 Å². The molecule has 0 aromatic carbocycles. The van der Waals surface area contributed by atoms with Crippen LogP contribution >= 0.6 is 7.60 Å². The summed E-state index contributed by atoms with van der Waals surface area (Å²) in [7, 11) is -3.00. The number of hydrogen-bond donors (Lipinski definition) is 0. The highest BCUT2D eigenvalue weighted by Crippen LogP contribution is 2.55. The minimum absolute atomic E-state index is 0.0873. The molecule has 0 aliphatic carbocycles. The third kappa shape index (κ3) is 7.64. The van der Waals surface area contributed by atoms with Gasteiger partial charge in [-0.15, -0.1) is 0 Å². The predicted molar refractivity (Wildman–Crippen MR) is 87.2 cm³/mol. The first-order valence-corrected chi connectivity index (χ1v) is 8.75. The SMILES string of the molecule is C=CC=CC=CC=CCC(CC)P(=O)(OCC)OCC. The van der Waals surface area contributed by atoms with Crippen LogP contribution < -0.4 is 0 Å². The maximum atomic E-state index is 12.6. The van der Waals surface area contributed by atoms with Crippen molar-refractivity contribution in [3.05, 3.63) is 49.1 Å². The Labute approximate surface area is 123 Å². The van der Waals surface area contributed by atoms with E-state index in [9.17, 15) is 4.57 Å². The van der Waals surface area contributed by atoms with E-state index < -0.39 is 7.60 Å². The summed E-state index contributed by atoms with van der Waals surface area (Å²) < 4.78 is 23.4. The van der Waals surface area contributed by atoms with Gasteiger partial charge in [0.25, 0.3) is 0 Å². The number of allylic oxidation sites excluding steroid dienone is 7. The van der Waals surface area contributed by atoms with E-state index >= 15 is 0 Å². The molecule has 0 saturated heterocycles. The van der Waals surface area contributed by atoms with Gasteiger partial charge in [-0.25, -0.2) is 0 Å². The standard InChI is InChI=1S/C16H27O3P/c1-5-9-10-11-12-13-14-15-16(6-2)20(17,18-7-3)19-8-4/h5,9-14,16H,1,6-8,15H2,2-4H3. The summed E-state index contributed by atoms with van der Waals surface area (Å²) in [5.41, 5.74) is -0.0873. The molecule has 114 valence electrons. The van der Waals surface area contributed by atoms with Crippen molar-refractivity contribution in [3.63, 3.8) is 0 Å². The fraction of sp³-hybridized carbons (Fsp3) is 0.500. The van der Waals surface area contributed by atoms with Crippen LogP contribution in [-0.2, 0) is 13.6 Å². The first-order chi connectivity index (χ1) is 9.64. The van der Waals surface area contributed by atoms with Crippen molar-refractivity contribution >= 4 is 7.60 Å². The molecule has 0 heterocycles. The van der Waals surface area contributed by atoms with E-state index in [0.29, 0.717) is 19.6 Å². The topological polar surface area (TPSA) is 35.5 Å². The molecule has 4 heteroatoms. The van der Waals surface area contributed by atoms with Gasteiger partial charge in [-0.05, 0) is 26.7 Å². The van der Waals surface area contributed by atoms with Crippen LogP contribution in [0, 0.1) is 0 Å². The molecule has 20 heavy (non-hydrogen) atoms. The predicted octanol–water partition coefficient (Wildman–Crippen LogP) is 5.28. The van der Waals surface area contributed by atoms with Crippen LogP contribution in [0.15, 0.2) is 49.1 Å². The summed E-state index contributed by atoms with van der Waals surface area (Å²) in [4.78, 5) is 0. The Bertz CT molecular complexity index is 373. The van der Waals surface area contributed by atoms with Crippen molar-refractivity contribution in [1.29, 1.82) is 0 Å². The third-order valence-corrected chi connectivity index (χ3v) is 5.37. The Kier molecular flexibility index (Phi) is 11.4. The molecule has 0 radical (unpaired) electrons. The second-order valence-electron chi connectivity index (χ2n) is 4.11. The Morgan fingerprint density at radius 3 is 2.05 bits per heavy atom. The molecule has 0 amide bonds. The average molecular weight is 298 g/mol. The molecule has 0 aromatic heterocycles. The van der Waals surface area contributed by atoms with E-state index in [1.54, 1.807) is 6.08 Å². The smallest absolute Gasteiger partial charge is 0.309 e. The largest absolute Gasteiger partial charge is 0.333 e. The van der Waals surface area contributed by atoms with E-state index in [1.807, 2.05) is 57.2 Å². The zero-order chi connectivity index (χ0) is 15.3. The Balaban J connectivity index is 4.55. The zero-order valence-corrected chi connectivity index (χ0v) is 13.7. The molecule has 3 nitrogen and oxygen atoms in total. The average Bonchev–Trinajstić information content (AvgIpc) is 2.42. The number of hydrogen-bond acceptors (Lipinski definition) is 3. The van der Waals surface area contributed by atoms with Crippen LogP contribution in [0.4, 0.5) is 0 Å². The Morgan fingerprint density at radius 1 is 1.00 bits per heavy atom. The lowest BCUT2D eigenvalue weighted by Crippen LogP contribution is -2.11. The minimum atomic E-state index is -3.00. The molecule has 0 saturated carbocycles. The fourth-order valence-electron chi connectivity index (χ4n) is 1.71. The summed E-state index contributed by atoms with van der Waals surface area (Å²) in [5.74, 6) is 0. The van der Waals surface area contributed by atoms with Gasteiger partial charge < -0.3 is 9.05 Å². The van der Waals surface area contributed by atoms with Gasteiger partial charge >= 0.3 is 7.60 Å². The van der Waals surface area contributed by atoms with Gasteiger partial charge in [0.15, 0.2) is 0 Å². The molecule has 0 spiro atoms. The van der Waals surface area contributed by atoms with Gasteiger partial charge in [-0.3, -0.25) is 4.57 Å². The van der Waals surface area contributed by atoms with Gasteiger partial charge in [-0.1, -0.05) is 56.0 Å². The van der Waals surface area contributed by atoms with Crippen LogP contribution in [0.2, 0.25) is 0 Å². The van der Waals surface area contributed by atoms with Gasteiger partial charge in [0.05, 0.1) is 18.9 Å². The fourth-order valence-corrected chi connectivity index (χ4v) is 3.76. The summed E-state index contributed by atoms with van der Waals surface area (Å²) in [6.45, 7) is 10.1. The molecular formula is C16H27O3P. The molecule has 0 bridgehead atoms. The second-order valence-corrected chi connectivity index (χ2v) is 6.43. The highest BCUT2D eigenvalue weighted by molar-refractivity contribution is 7.54. The third-order valence-electron chi connectivity index (χ3n) is 2.66. The lowest BCUT2D eigenvalue weighted by molar-refractivity contribution is 0.211. The molecule has 1 atom stereocenters. The molecule has 0 rings (SSSR count). The molecule has 0 aliphatic rings. The first-order valence-electron chi connectivity index (χ1n) is 7.14. The number of rotatable bonds is 11. The van der Waals surface area contributed by atoms with Crippen LogP contribution in [0.5, 0.6) is 0 Å². The van der Waals surface area contributed by atoms with Crippen molar-refractivity contribution < 1.29 is 13.6 Å². The maximum Gasteiger partial charge on any atom is 0.333 e. The minimum Gasteiger partial charge on any atom is -0.309 e. The van der Waals surface area contributed by atoms with Crippen LogP contribution in [-0.4, -0.2) is 18.9 Å². The maximum absolute atomic E-state index is 12.6. The van der Waals surface area contributed by atoms with Gasteiger partial charge in [-0.2, -0.15) is 0 Å². The van der Waals surface area contributed by atoms with E-state index in [-0.39, 0.29) is 5.66 Å². The molecule has 0 aromatic rings. The van der Waals surface area contributed by atoms with Crippen molar-refractivity contribution in [3.8, 4) is 0 Å². The lowest BCUT2D eigenvalue weighted by atomic mass is 10.2. The quantitative estimate of drug-likeness (QED) is 0.385. The molecule has 0 N–H and O–H groups in total. The summed E-state index contributed by atoms with van der Waals surface area (Å²) in [6.07, 6.45) is 14.7. The van der Waals surface area contributed by atoms with Crippen LogP contribution in [0.1, 0.15) is 33.6 Å². The second kappa shape index (κ2) is 11.9. The molecule has 0 aliphatic heterocycles. The van der Waals surface area contributed by atoms with Crippen LogP contribution in [0.25, 0.3) is 0 Å². The van der Waals surface area contributed by atoms with Gasteiger partial charge in [0.2, 0.25) is 0 Å². The zero-order valence-electron chi connectivity index (χ0n) is 12.8. The molecule has 0 fully saturated rings. The van der Waals surface area contributed by atoms with Gasteiger partial charge in [0.1, 0.15) is 0 Å². The monoisotopic (exact) mass is 298 g/mol. The summed E-state index contributed by atoms with van der Waals surface area (Å²) in [6, 6.07) is 0. The normalized spacial score (nSPS) is 14.6. The molecular weight excluding hydrogens is 271 g/mol. The van der Waals surface area contributed by atoms with E-state index in [4.69, 9.17) is 9.05 Å². The summed E-state index contributed by atoms with van der Waals surface area (Å²) >= 11 is 0. The first kappa shape index (κ1) is 19.1. The van der Waals surface area contributed by atoms with E-state index in [2.05, 4.69) is 6.58 Å². The Hall–Kier alpha value is -0.890. The van der Waals surface area contributed by atoms with Crippen LogP contribution in [0.3, 0.4) is 0 Å². The van der Waals surface area contributed by atoms with Crippen molar-refractivity contribution in [2.45, 2.75) is 39.3 Å². The molecule has 1 unspecified atom stereocenters. The highest BCUT2D eigenvalue weighted by atomic mass is 31.2. The van der Waals surface area contributed by atoms with Crippen molar-refractivity contribution in [2.24, 2.45) is 0 Å². The lowest BCUT2D eigenvalue weighted by Gasteiger charge is -2.24. The summed E-state index contributed by atoms with van der Waals surface area (Å²) in [5, 5.41) is 0. The van der Waals surface area contributed by atoms with E-state index in [1.165, 1.54) is 0 Å². The highest BCUT2D eigenvalue weighted by Gasteiger charge is 2.32. The van der Waals surface area contributed by atoms with Crippen molar-refractivity contribution in [2.75, 3.05) is 13.2 Å². The van der Waals surface area contributed by atoms with Gasteiger partial charge in [0, 0.05) is 0 Å².